The molecule has 0 atom stereocenters. The molecule has 0 aliphatic rings. The van der Waals surface area contributed by atoms with Crippen LogP contribution in [0.3, 0.4) is 0 Å². The van der Waals surface area contributed by atoms with Gasteiger partial charge in [-0.25, -0.2) is 0 Å². The van der Waals surface area contributed by atoms with Crippen LogP contribution in [0.5, 0.6) is 0 Å². The lowest BCUT2D eigenvalue weighted by atomic mass is 10.1. The standard InChI is InChI=1S/C12H23N3O/c1-5-12-10(2)14-15(11(12)3)8-6-13-7-9-16-4/h13H,5-9H2,1-4H3. The van der Waals surface area contributed by atoms with Gasteiger partial charge >= 0.3 is 0 Å². The van der Waals surface area contributed by atoms with Crippen LogP contribution in [-0.2, 0) is 17.7 Å². The highest BCUT2D eigenvalue weighted by molar-refractivity contribution is 5.24. The lowest BCUT2D eigenvalue weighted by Gasteiger charge is -2.06. The summed E-state index contributed by atoms with van der Waals surface area (Å²) in [7, 11) is 1.72. The third-order valence-corrected chi connectivity index (χ3v) is 2.87. The van der Waals surface area contributed by atoms with Crippen molar-refractivity contribution in [3.05, 3.63) is 17.0 Å². The quantitative estimate of drug-likeness (QED) is 0.711. The number of hydrogen-bond donors (Lipinski definition) is 1. The first-order valence-electron chi connectivity index (χ1n) is 5.93. The van der Waals surface area contributed by atoms with Crippen molar-refractivity contribution in [3.63, 3.8) is 0 Å². The Kier molecular flexibility index (Phi) is 5.49. The van der Waals surface area contributed by atoms with Crippen LogP contribution in [0.2, 0.25) is 0 Å². The van der Waals surface area contributed by atoms with E-state index >= 15 is 0 Å². The molecule has 92 valence electrons. The van der Waals surface area contributed by atoms with Gasteiger partial charge in [0.25, 0.3) is 0 Å². The molecule has 0 aromatic carbocycles. The highest BCUT2D eigenvalue weighted by Crippen LogP contribution is 2.12. The second-order valence-corrected chi connectivity index (χ2v) is 3.97. The van der Waals surface area contributed by atoms with Crippen LogP contribution in [0.25, 0.3) is 0 Å². The van der Waals surface area contributed by atoms with E-state index in [2.05, 4.69) is 35.9 Å². The first kappa shape index (κ1) is 13.2. The van der Waals surface area contributed by atoms with E-state index in [-0.39, 0.29) is 0 Å². The van der Waals surface area contributed by atoms with Crippen molar-refractivity contribution < 1.29 is 4.74 Å². The third-order valence-electron chi connectivity index (χ3n) is 2.87. The zero-order chi connectivity index (χ0) is 12.0. The minimum absolute atomic E-state index is 0.761. The van der Waals surface area contributed by atoms with Gasteiger partial charge in [0.05, 0.1) is 18.8 Å². The number of nitrogens with one attached hydrogen (secondary N) is 1. The van der Waals surface area contributed by atoms with E-state index in [1.807, 2.05) is 0 Å². The van der Waals surface area contributed by atoms with Gasteiger partial charge in [-0.15, -0.1) is 0 Å². The molecule has 1 heterocycles. The number of aryl methyl sites for hydroxylation is 1. The van der Waals surface area contributed by atoms with E-state index in [9.17, 15) is 0 Å². The summed E-state index contributed by atoms with van der Waals surface area (Å²) in [5, 5.41) is 7.87. The molecule has 0 amide bonds. The van der Waals surface area contributed by atoms with Crippen molar-refractivity contribution in [1.29, 1.82) is 0 Å². The summed E-state index contributed by atoms with van der Waals surface area (Å²) in [5.41, 5.74) is 3.85. The van der Waals surface area contributed by atoms with E-state index < -0.39 is 0 Å². The normalized spacial score (nSPS) is 11.0. The summed E-state index contributed by atoms with van der Waals surface area (Å²) in [4.78, 5) is 0. The van der Waals surface area contributed by atoms with E-state index in [0.717, 1.165) is 38.4 Å². The van der Waals surface area contributed by atoms with Crippen LogP contribution in [0, 0.1) is 13.8 Å². The monoisotopic (exact) mass is 225 g/mol. The van der Waals surface area contributed by atoms with E-state index in [1.54, 1.807) is 7.11 Å². The number of methoxy groups -OCH3 is 1. The predicted octanol–water partition coefficient (Wildman–Crippen LogP) is 1.30. The molecule has 0 aliphatic carbocycles. The molecule has 0 fully saturated rings. The molecule has 0 spiro atoms. The van der Waals surface area contributed by atoms with E-state index in [0.29, 0.717) is 0 Å². The van der Waals surface area contributed by atoms with Crippen molar-refractivity contribution in [2.75, 3.05) is 26.8 Å². The predicted molar refractivity (Wildman–Crippen MR) is 65.8 cm³/mol. The van der Waals surface area contributed by atoms with Gasteiger partial charge in [-0.3, -0.25) is 4.68 Å². The molecule has 0 bridgehead atoms. The molecule has 0 radical (unpaired) electrons. The molecule has 0 saturated carbocycles. The average Bonchev–Trinajstić information content (AvgIpc) is 2.53. The summed E-state index contributed by atoms with van der Waals surface area (Å²) in [6.45, 7) is 9.94. The zero-order valence-corrected chi connectivity index (χ0v) is 10.8. The summed E-state index contributed by atoms with van der Waals surface area (Å²) in [5.74, 6) is 0. The van der Waals surface area contributed by atoms with Gasteiger partial charge in [0.2, 0.25) is 0 Å². The topological polar surface area (TPSA) is 39.1 Å². The smallest absolute Gasteiger partial charge is 0.0628 e. The Morgan fingerprint density at radius 3 is 2.62 bits per heavy atom. The molecule has 0 saturated heterocycles. The van der Waals surface area contributed by atoms with Crippen LogP contribution in [0.4, 0.5) is 0 Å². The van der Waals surface area contributed by atoms with Crippen LogP contribution in [0.15, 0.2) is 0 Å². The van der Waals surface area contributed by atoms with Gasteiger partial charge in [-0.05, 0) is 25.8 Å². The molecule has 0 unspecified atom stereocenters. The van der Waals surface area contributed by atoms with Gasteiger partial charge in [-0.1, -0.05) is 6.92 Å². The summed E-state index contributed by atoms with van der Waals surface area (Å²) < 4.78 is 7.06. The highest BCUT2D eigenvalue weighted by atomic mass is 16.5. The SMILES string of the molecule is CCc1c(C)nn(CCNCCOC)c1C. The Hall–Kier alpha value is -0.870. The van der Waals surface area contributed by atoms with Crippen LogP contribution in [0.1, 0.15) is 23.9 Å². The second-order valence-electron chi connectivity index (χ2n) is 3.97. The van der Waals surface area contributed by atoms with E-state index in [4.69, 9.17) is 4.74 Å². The molecule has 0 aliphatic heterocycles. The van der Waals surface area contributed by atoms with Crippen molar-refractivity contribution in [3.8, 4) is 0 Å². The lowest BCUT2D eigenvalue weighted by molar-refractivity contribution is 0.199. The maximum absolute atomic E-state index is 4.97. The lowest BCUT2D eigenvalue weighted by Crippen LogP contribution is -2.24. The Bertz CT molecular complexity index is 320. The Labute approximate surface area is 98.0 Å². The fourth-order valence-electron chi connectivity index (χ4n) is 1.95. The Morgan fingerprint density at radius 1 is 1.31 bits per heavy atom. The van der Waals surface area contributed by atoms with Crippen LogP contribution >= 0.6 is 0 Å². The number of aromatic nitrogens is 2. The summed E-state index contributed by atoms with van der Waals surface area (Å²) in [6.07, 6.45) is 1.06. The van der Waals surface area contributed by atoms with Crippen molar-refractivity contribution in [2.24, 2.45) is 0 Å². The summed E-state index contributed by atoms with van der Waals surface area (Å²) >= 11 is 0. The van der Waals surface area contributed by atoms with Crippen LogP contribution in [-0.4, -0.2) is 36.6 Å². The van der Waals surface area contributed by atoms with Gasteiger partial charge in [0.15, 0.2) is 0 Å². The average molecular weight is 225 g/mol. The van der Waals surface area contributed by atoms with Gasteiger partial charge < -0.3 is 10.1 Å². The second kappa shape index (κ2) is 6.66. The van der Waals surface area contributed by atoms with Crippen molar-refractivity contribution in [1.82, 2.24) is 15.1 Å². The molecule has 1 aromatic heterocycles. The third kappa shape index (κ3) is 3.32. The Morgan fingerprint density at radius 2 is 2.06 bits per heavy atom. The molecular formula is C12H23N3O. The highest BCUT2D eigenvalue weighted by Gasteiger charge is 2.08. The zero-order valence-electron chi connectivity index (χ0n) is 10.8. The first-order chi connectivity index (χ1) is 7.70. The molecule has 16 heavy (non-hydrogen) atoms. The van der Waals surface area contributed by atoms with E-state index in [1.165, 1.54) is 11.3 Å². The van der Waals surface area contributed by atoms with Crippen molar-refractivity contribution in [2.45, 2.75) is 33.7 Å². The van der Waals surface area contributed by atoms with Crippen LogP contribution < -0.4 is 5.32 Å². The minimum atomic E-state index is 0.761. The Balaban J connectivity index is 2.42. The number of ether oxygens (including phenoxy) is 1. The van der Waals surface area contributed by atoms with Gasteiger partial charge in [0, 0.05) is 25.9 Å². The maximum atomic E-state index is 4.97. The van der Waals surface area contributed by atoms with Gasteiger partial charge in [0.1, 0.15) is 0 Å². The summed E-state index contributed by atoms with van der Waals surface area (Å²) in [6, 6.07) is 0. The molecule has 1 N–H and O–H groups in total. The molecule has 4 nitrogen and oxygen atoms in total. The fraction of sp³-hybridized carbons (Fsp3) is 0.750. The molecule has 4 heteroatoms. The minimum Gasteiger partial charge on any atom is -0.383 e. The first-order valence-corrected chi connectivity index (χ1v) is 5.93. The molecule has 1 rings (SSSR count). The number of nitrogens with zero attached hydrogens (tertiary/aromatic N) is 2. The number of hydrogen-bond acceptors (Lipinski definition) is 3. The van der Waals surface area contributed by atoms with Gasteiger partial charge in [-0.2, -0.15) is 5.10 Å². The van der Waals surface area contributed by atoms with Crippen molar-refractivity contribution >= 4 is 0 Å². The maximum Gasteiger partial charge on any atom is 0.0628 e. The fourth-order valence-corrected chi connectivity index (χ4v) is 1.95. The number of rotatable bonds is 7. The molecule has 1 aromatic rings. The largest absolute Gasteiger partial charge is 0.383 e. The molecular weight excluding hydrogens is 202 g/mol.